The predicted octanol–water partition coefficient (Wildman–Crippen LogP) is 3.61. The molecular weight excluding hydrogens is 456 g/mol. The Morgan fingerprint density at radius 3 is 2.42 bits per heavy atom. The summed E-state index contributed by atoms with van der Waals surface area (Å²) in [4.78, 5) is 29.2. The smallest absolute Gasteiger partial charge is 0.270 e. The molecule has 36 heavy (non-hydrogen) atoms. The first kappa shape index (κ1) is 24.2. The Hall–Kier alpha value is -3.49. The number of hydrogen-bond donors (Lipinski definition) is 3. The van der Waals surface area contributed by atoms with Crippen molar-refractivity contribution in [1.82, 2.24) is 20.1 Å². The first-order valence-corrected chi connectivity index (χ1v) is 12.5. The van der Waals surface area contributed by atoms with Crippen LogP contribution in [-0.4, -0.2) is 51.4 Å². The number of aromatic nitrogens is 3. The molecule has 0 radical (unpaired) electrons. The van der Waals surface area contributed by atoms with Gasteiger partial charge in [0.25, 0.3) is 11.1 Å². The number of nitrogens with one attached hydrogen (secondary N) is 2. The summed E-state index contributed by atoms with van der Waals surface area (Å²) >= 11 is 0. The van der Waals surface area contributed by atoms with Crippen molar-refractivity contribution in [3.8, 4) is 5.75 Å². The van der Waals surface area contributed by atoms with E-state index in [9.17, 15) is 14.7 Å². The molecule has 0 spiro atoms. The lowest BCUT2D eigenvalue weighted by Gasteiger charge is -2.51. The van der Waals surface area contributed by atoms with Gasteiger partial charge in [-0.1, -0.05) is 25.5 Å². The highest BCUT2D eigenvalue weighted by Gasteiger charge is 2.42. The summed E-state index contributed by atoms with van der Waals surface area (Å²) in [6.07, 6.45) is 4.97. The number of ether oxygens (including phenoxy) is 1. The molecule has 5 atom stereocenters. The van der Waals surface area contributed by atoms with E-state index in [1.54, 1.807) is 37.6 Å². The molecule has 3 fully saturated rings. The number of benzene rings is 2. The fraction of sp³-hybridized carbons (Fsp3) is 0.393. The van der Waals surface area contributed by atoms with Gasteiger partial charge in [0.1, 0.15) is 5.75 Å². The lowest BCUT2D eigenvalue weighted by molar-refractivity contribution is -0.0562. The molecule has 7 rings (SSSR count). The van der Waals surface area contributed by atoms with E-state index in [-0.39, 0.29) is 17.2 Å². The zero-order valence-corrected chi connectivity index (χ0v) is 20.6. The first-order valence-electron chi connectivity index (χ1n) is 12.5. The molecule has 2 unspecified atom stereocenters. The number of aliphatic hydroxyl groups is 1. The van der Waals surface area contributed by atoms with E-state index in [0.29, 0.717) is 10.8 Å². The molecule has 3 saturated heterocycles. The van der Waals surface area contributed by atoms with Gasteiger partial charge in [0, 0.05) is 24.2 Å². The van der Waals surface area contributed by atoms with Gasteiger partial charge in [-0.25, -0.2) is 0 Å². The van der Waals surface area contributed by atoms with Gasteiger partial charge in [0.05, 0.1) is 29.5 Å². The van der Waals surface area contributed by atoms with Gasteiger partial charge in [-0.15, -0.1) is 0 Å². The van der Waals surface area contributed by atoms with Crippen LogP contribution < -0.4 is 15.9 Å². The number of methoxy groups -OCH3 is 1. The van der Waals surface area contributed by atoms with Crippen LogP contribution in [0.15, 0.2) is 64.3 Å². The van der Waals surface area contributed by atoms with Crippen molar-refractivity contribution in [2.75, 3.05) is 20.2 Å². The van der Waals surface area contributed by atoms with Crippen molar-refractivity contribution in [1.29, 1.82) is 0 Å². The average Bonchev–Trinajstić information content (AvgIpc) is 2.94. The summed E-state index contributed by atoms with van der Waals surface area (Å²) in [6.45, 7) is 4.55. The fourth-order valence-corrected chi connectivity index (χ4v) is 5.84. The molecular formula is C28H32N4O4. The van der Waals surface area contributed by atoms with Crippen molar-refractivity contribution >= 4 is 21.7 Å². The van der Waals surface area contributed by atoms with E-state index >= 15 is 0 Å². The van der Waals surface area contributed by atoms with Crippen molar-refractivity contribution in [3.63, 3.8) is 0 Å². The van der Waals surface area contributed by atoms with E-state index in [1.165, 1.54) is 12.8 Å². The Labute approximate surface area is 208 Å². The highest BCUT2D eigenvalue weighted by Crippen LogP contribution is 2.42. The van der Waals surface area contributed by atoms with Crippen molar-refractivity contribution in [3.05, 3.63) is 81.0 Å². The summed E-state index contributed by atoms with van der Waals surface area (Å²) in [5.74, 6) is 2.37. The third kappa shape index (κ3) is 4.54. The molecule has 5 heterocycles. The number of hydrogen-bond acceptors (Lipinski definition) is 6. The van der Waals surface area contributed by atoms with Crippen molar-refractivity contribution in [2.24, 2.45) is 11.8 Å². The third-order valence-corrected chi connectivity index (χ3v) is 7.83. The summed E-state index contributed by atoms with van der Waals surface area (Å²) in [6, 6.07) is 14.7. The van der Waals surface area contributed by atoms with Crippen LogP contribution in [0.2, 0.25) is 0 Å². The fourth-order valence-electron chi connectivity index (χ4n) is 5.84. The van der Waals surface area contributed by atoms with Gasteiger partial charge < -0.3 is 9.84 Å². The van der Waals surface area contributed by atoms with Crippen LogP contribution in [0.1, 0.15) is 37.9 Å². The highest BCUT2D eigenvalue weighted by atomic mass is 16.5. The monoisotopic (exact) mass is 488 g/mol. The minimum atomic E-state index is -0.469. The molecule has 4 aromatic rings. The van der Waals surface area contributed by atoms with Gasteiger partial charge in [-0.2, -0.15) is 0 Å². The molecule has 0 aliphatic carbocycles. The summed E-state index contributed by atoms with van der Waals surface area (Å²) in [7, 11) is 1.67. The number of nitrogens with zero attached hydrogens (tertiary/aromatic N) is 2. The van der Waals surface area contributed by atoms with Crippen LogP contribution in [0.5, 0.6) is 5.75 Å². The van der Waals surface area contributed by atoms with Crippen LogP contribution in [0.4, 0.5) is 0 Å². The molecule has 0 amide bonds. The van der Waals surface area contributed by atoms with Crippen molar-refractivity contribution in [2.45, 2.75) is 38.3 Å². The minimum Gasteiger partial charge on any atom is -0.497 e. The molecule has 8 heteroatoms. The Balaban J connectivity index is 0.000000186. The Morgan fingerprint density at radius 1 is 1.08 bits per heavy atom. The molecule has 2 bridgehead atoms. The molecule has 3 N–H and O–H groups in total. The summed E-state index contributed by atoms with van der Waals surface area (Å²) in [5.41, 5.74) is 1.34. The molecule has 188 valence electrons. The molecule has 3 aliphatic heterocycles. The average molecular weight is 489 g/mol. The lowest BCUT2D eigenvalue weighted by Crippen LogP contribution is -2.55. The summed E-state index contributed by atoms with van der Waals surface area (Å²) in [5, 5.41) is 17.5. The van der Waals surface area contributed by atoms with Crippen LogP contribution in [0, 0.1) is 11.8 Å². The maximum absolute atomic E-state index is 11.2. The minimum absolute atomic E-state index is 0.225. The second-order valence-electron chi connectivity index (χ2n) is 9.70. The molecule has 8 nitrogen and oxygen atoms in total. The second-order valence-corrected chi connectivity index (χ2v) is 9.70. The number of aliphatic hydroxyl groups excluding tert-OH is 1. The van der Waals surface area contributed by atoms with Crippen LogP contribution in [0.25, 0.3) is 21.7 Å². The number of aromatic amines is 2. The van der Waals surface area contributed by atoms with Crippen LogP contribution in [0.3, 0.4) is 0 Å². The quantitative estimate of drug-likeness (QED) is 0.405. The lowest BCUT2D eigenvalue weighted by atomic mass is 9.72. The maximum atomic E-state index is 11.2. The van der Waals surface area contributed by atoms with Crippen LogP contribution in [-0.2, 0) is 0 Å². The number of piperidine rings is 3. The predicted molar refractivity (Wildman–Crippen MR) is 140 cm³/mol. The number of H-pyrrole nitrogens is 2. The first-order chi connectivity index (χ1) is 17.5. The molecule has 2 aromatic carbocycles. The van der Waals surface area contributed by atoms with E-state index in [4.69, 9.17) is 4.74 Å². The number of rotatable bonds is 4. The Morgan fingerprint density at radius 2 is 1.81 bits per heavy atom. The van der Waals surface area contributed by atoms with Crippen molar-refractivity contribution < 1.29 is 9.84 Å². The Kier molecular flexibility index (Phi) is 6.89. The largest absolute Gasteiger partial charge is 0.497 e. The SMILES string of the molecule is CC[C@@H]1CN2CCC1C[C@H]2[C@H](O)c1ccnc2ccc(OC)cc12.O=c1[nH][nH]c(=O)c2ccccc12. The van der Waals surface area contributed by atoms with E-state index in [2.05, 4.69) is 27.0 Å². The third-order valence-electron chi connectivity index (χ3n) is 7.83. The van der Waals surface area contributed by atoms with E-state index in [0.717, 1.165) is 53.6 Å². The van der Waals surface area contributed by atoms with E-state index < -0.39 is 6.10 Å². The molecule has 3 aliphatic rings. The van der Waals surface area contributed by atoms with Gasteiger partial charge in [-0.3, -0.25) is 29.7 Å². The van der Waals surface area contributed by atoms with E-state index in [1.807, 2.05) is 24.3 Å². The Bertz CT molecular complexity index is 1430. The zero-order chi connectivity index (χ0) is 25.2. The molecule has 0 saturated carbocycles. The van der Waals surface area contributed by atoms with Crippen LogP contribution >= 0.6 is 0 Å². The maximum Gasteiger partial charge on any atom is 0.270 e. The highest BCUT2D eigenvalue weighted by molar-refractivity contribution is 5.84. The van der Waals surface area contributed by atoms with Gasteiger partial charge in [0.15, 0.2) is 0 Å². The topological polar surface area (TPSA) is 111 Å². The normalized spacial score (nSPS) is 23.8. The van der Waals surface area contributed by atoms with Gasteiger partial charge in [-0.05, 0) is 73.2 Å². The van der Waals surface area contributed by atoms with Gasteiger partial charge >= 0.3 is 0 Å². The zero-order valence-electron chi connectivity index (χ0n) is 20.6. The standard InChI is InChI=1S/C20H26N2O2.C8H6N2O2/c1-3-13-12-22-9-7-14(13)10-19(22)20(23)16-6-8-21-18-5-4-15(24-2)11-17(16)18;11-7-5-3-1-2-4-6(5)8(12)10-9-7/h4-6,8,11,13-14,19-20,23H,3,7,9-10,12H2,1-2H3;1-4H,(H,9,11)(H,10,12)/t13-,14?,19+,20-;/m1./s1. The number of fused-ring (bicyclic) bond motifs is 5. The van der Waals surface area contributed by atoms with Gasteiger partial charge in [0.2, 0.25) is 0 Å². The number of pyridine rings is 1. The summed E-state index contributed by atoms with van der Waals surface area (Å²) < 4.78 is 5.36. The second kappa shape index (κ2) is 10.2. The molecule has 2 aromatic heterocycles.